The maximum atomic E-state index is 9.77. The Labute approximate surface area is 199 Å². The molecule has 0 saturated carbocycles. The molecule has 0 spiro atoms. The first-order valence-electron chi connectivity index (χ1n) is 11.3. The summed E-state index contributed by atoms with van der Waals surface area (Å²) in [6, 6.07) is 31.2. The lowest BCUT2D eigenvalue weighted by molar-refractivity contribution is 0.0623. The molecular weight excluding hydrogens is 418 g/mol. The summed E-state index contributed by atoms with van der Waals surface area (Å²) in [4.78, 5) is 4.32. The Morgan fingerprint density at radius 3 is 2.47 bits per heavy atom. The molecule has 5 aromatic rings. The van der Waals surface area contributed by atoms with Crippen molar-refractivity contribution in [1.82, 2.24) is 9.55 Å². The molecule has 34 heavy (non-hydrogen) atoms. The van der Waals surface area contributed by atoms with Gasteiger partial charge in [-0.25, -0.2) is 4.98 Å². The lowest BCUT2D eigenvalue weighted by Crippen LogP contribution is -2.11. The number of rotatable bonds is 6. The first-order chi connectivity index (χ1) is 16.6. The van der Waals surface area contributed by atoms with Crippen molar-refractivity contribution >= 4 is 10.8 Å². The van der Waals surface area contributed by atoms with E-state index in [1.165, 1.54) is 10.8 Å². The molecular formula is C30H25N3O. The third kappa shape index (κ3) is 4.22. The van der Waals surface area contributed by atoms with E-state index in [2.05, 4.69) is 72.6 Å². The van der Waals surface area contributed by atoms with E-state index in [0.29, 0.717) is 12.2 Å². The summed E-state index contributed by atoms with van der Waals surface area (Å²) in [6.07, 6.45) is 3.30. The van der Waals surface area contributed by atoms with E-state index in [9.17, 15) is 5.26 Å². The third-order valence-corrected chi connectivity index (χ3v) is 6.26. The number of fused-ring (bicyclic) bond motifs is 1. The van der Waals surface area contributed by atoms with E-state index < -0.39 is 0 Å². The van der Waals surface area contributed by atoms with Crippen molar-refractivity contribution in [1.29, 1.82) is 5.26 Å². The van der Waals surface area contributed by atoms with E-state index >= 15 is 0 Å². The quantitative estimate of drug-likeness (QED) is 0.292. The van der Waals surface area contributed by atoms with Gasteiger partial charge in [0.2, 0.25) is 0 Å². The normalized spacial score (nSPS) is 11.9. The molecule has 1 atom stereocenters. The maximum absolute atomic E-state index is 9.77. The minimum atomic E-state index is -0.325. The summed E-state index contributed by atoms with van der Waals surface area (Å²) < 4.78 is 8.52. The van der Waals surface area contributed by atoms with E-state index in [1.54, 1.807) is 6.33 Å². The van der Waals surface area contributed by atoms with Gasteiger partial charge in [0.1, 0.15) is 6.10 Å². The highest BCUT2D eigenvalue weighted by molar-refractivity contribution is 5.83. The van der Waals surface area contributed by atoms with Crippen LogP contribution in [0.25, 0.3) is 21.9 Å². The van der Waals surface area contributed by atoms with Crippen LogP contribution in [-0.4, -0.2) is 9.55 Å². The molecule has 0 fully saturated rings. The van der Waals surface area contributed by atoms with Gasteiger partial charge in [-0.1, -0.05) is 66.7 Å². The van der Waals surface area contributed by atoms with Gasteiger partial charge in [-0.3, -0.25) is 0 Å². The second-order valence-corrected chi connectivity index (χ2v) is 8.53. The van der Waals surface area contributed by atoms with Crippen LogP contribution >= 0.6 is 0 Å². The maximum Gasteiger partial charge on any atom is 0.124 e. The number of aryl methyl sites for hydroxylation is 2. The summed E-state index contributed by atoms with van der Waals surface area (Å²) in [7, 11) is 1.97. The van der Waals surface area contributed by atoms with E-state index in [-0.39, 0.29) is 6.10 Å². The fourth-order valence-electron chi connectivity index (χ4n) is 4.40. The molecule has 1 aromatic heterocycles. The smallest absolute Gasteiger partial charge is 0.124 e. The van der Waals surface area contributed by atoms with Crippen LogP contribution in [-0.2, 0) is 18.4 Å². The van der Waals surface area contributed by atoms with Crippen LogP contribution in [0.4, 0.5) is 0 Å². The molecule has 5 rings (SSSR count). The Bertz CT molecular complexity index is 1510. The number of hydrogen-bond acceptors (Lipinski definition) is 3. The average Bonchev–Trinajstić information content (AvgIpc) is 3.29. The van der Waals surface area contributed by atoms with E-state index in [0.717, 1.165) is 33.5 Å². The lowest BCUT2D eigenvalue weighted by atomic mass is 9.93. The summed E-state index contributed by atoms with van der Waals surface area (Å²) >= 11 is 0. The average molecular weight is 444 g/mol. The van der Waals surface area contributed by atoms with Gasteiger partial charge in [-0.05, 0) is 58.1 Å². The molecule has 0 amide bonds. The molecule has 1 unspecified atom stereocenters. The minimum absolute atomic E-state index is 0.325. The Morgan fingerprint density at radius 1 is 0.912 bits per heavy atom. The summed E-state index contributed by atoms with van der Waals surface area (Å²) in [5, 5.41) is 12.2. The number of imidazole rings is 1. The number of ether oxygens (including phenoxy) is 1. The summed E-state index contributed by atoms with van der Waals surface area (Å²) in [5.74, 6) is 0. The first-order valence-corrected chi connectivity index (χ1v) is 11.3. The minimum Gasteiger partial charge on any atom is -0.363 e. The number of hydrogen-bond donors (Lipinski definition) is 0. The molecule has 166 valence electrons. The predicted octanol–water partition coefficient (Wildman–Crippen LogP) is 6.73. The van der Waals surface area contributed by atoms with Gasteiger partial charge in [0.25, 0.3) is 0 Å². The Kier molecular flexibility index (Phi) is 5.95. The van der Waals surface area contributed by atoms with Gasteiger partial charge in [0.15, 0.2) is 0 Å². The van der Waals surface area contributed by atoms with Gasteiger partial charge >= 0.3 is 0 Å². The third-order valence-electron chi connectivity index (χ3n) is 6.26. The fourth-order valence-corrected chi connectivity index (χ4v) is 4.40. The van der Waals surface area contributed by atoms with Crippen molar-refractivity contribution in [3.05, 3.63) is 125 Å². The van der Waals surface area contributed by atoms with Crippen LogP contribution in [0.1, 0.15) is 34.1 Å². The van der Waals surface area contributed by atoms with Crippen molar-refractivity contribution < 1.29 is 4.74 Å². The van der Waals surface area contributed by atoms with Gasteiger partial charge in [-0.2, -0.15) is 5.26 Å². The standard InChI is InChI=1S/C30H25N3O/c1-21-7-3-6-10-27(21)28-16-25(13-14-26(28)17-31)30(29-18-32-20-33(29)2)34-19-22-11-12-23-8-4-5-9-24(23)15-22/h3-16,18,20,30H,19H2,1-2H3. The van der Waals surface area contributed by atoms with Crippen LogP contribution < -0.4 is 0 Å². The van der Waals surface area contributed by atoms with Crippen LogP contribution in [0.2, 0.25) is 0 Å². The molecule has 0 aliphatic heterocycles. The Balaban J connectivity index is 1.54. The van der Waals surface area contributed by atoms with Crippen molar-refractivity contribution in [2.45, 2.75) is 19.6 Å². The molecule has 0 bridgehead atoms. The van der Waals surface area contributed by atoms with Gasteiger partial charge < -0.3 is 9.30 Å². The second kappa shape index (κ2) is 9.35. The number of aromatic nitrogens is 2. The molecule has 0 radical (unpaired) electrons. The highest BCUT2D eigenvalue weighted by atomic mass is 16.5. The molecule has 0 aliphatic carbocycles. The molecule has 4 aromatic carbocycles. The topological polar surface area (TPSA) is 50.8 Å². The molecule has 0 saturated heterocycles. The van der Waals surface area contributed by atoms with E-state index in [1.807, 2.05) is 48.1 Å². The van der Waals surface area contributed by atoms with Crippen LogP contribution in [0.3, 0.4) is 0 Å². The van der Waals surface area contributed by atoms with Crippen molar-refractivity contribution in [2.75, 3.05) is 0 Å². The van der Waals surface area contributed by atoms with Crippen LogP contribution in [0.15, 0.2) is 97.5 Å². The zero-order chi connectivity index (χ0) is 23.5. The van der Waals surface area contributed by atoms with Gasteiger partial charge in [0, 0.05) is 12.6 Å². The molecule has 0 N–H and O–H groups in total. The fraction of sp³-hybridized carbons (Fsp3) is 0.133. The SMILES string of the molecule is Cc1ccccc1-c1cc(C(OCc2ccc3ccccc3c2)c2cncn2C)ccc1C#N. The van der Waals surface area contributed by atoms with Crippen molar-refractivity contribution in [3.63, 3.8) is 0 Å². The Hall–Kier alpha value is -4.20. The van der Waals surface area contributed by atoms with Gasteiger partial charge in [0.05, 0.1) is 36.5 Å². The monoisotopic (exact) mass is 443 g/mol. The summed E-state index contributed by atoms with van der Waals surface area (Å²) in [6.45, 7) is 2.53. The second-order valence-electron chi connectivity index (χ2n) is 8.53. The lowest BCUT2D eigenvalue weighted by Gasteiger charge is -2.21. The first kappa shape index (κ1) is 21.6. The molecule has 4 heteroatoms. The van der Waals surface area contributed by atoms with Crippen LogP contribution in [0.5, 0.6) is 0 Å². The Morgan fingerprint density at radius 2 is 1.71 bits per heavy atom. The van der Waals surface area contributed by atoms with Crippen molar-refractivity contribution in [2.24, 2.45) is 7.05 Å². The summed E-state index contributed by atoms with van der Waals surface area (Å²) in [5.41, 5.74) is 6.81. The van der Waals surface area contributed by atoms with Gasteiger partial charge in [-0.15, -0.1) is 0 Å². The zero-order valence-corrected chi connectivity index (χ0v) is 19.3. The highest BCUT2D eigenvalue weighted by Crippen LogP contribution is 2.33. The highest BCUT2D eigenvalue weighted by Gasteiger charge is 2.21. The van der Waals surface area contributed by atoms with E-state index in [4.69, 9.17) is 4.74 Å². The molecule has 1 heterocycles. The molecule has 0 aliphatic rings. The zero-order valence-electron chi connectivity index (χ0n) is 19.3. The number of nitriles is 1. The van der Waals surface area contributed by atoms with Crippen LogP contribution in [0, 0.1) is 18.3 Å². The number of nitrogens with zero attached hydrogens (tertiary/aromatic N) is 3. The molecule has 4 nitrogen and oxygen atoms in total. The number of benzene rings is 4. The largest absolute Gasteiger partial charge is 0.363 e. The van der Waals surface area contributed by atoms with Crippen molar-refractivity contribution in [3.8, 4) is 17.2 Å². The predicted molar refractivity (Wildman–Crippen MR) is 135 cm³/mol.